The number of hydrogen-bond acceptors (Lipinski definition) is 6. The van der Waals surface area contributed by atoms with Gasteiger partial charge < -0.3 is 14.2 Å². The van der Waals surface area contributed by atoms with Crippen LogP contribution in [0.25, 0.3) is 0 Å². The van der Waals surface area contributed by atoms with Crippen molar-refractivity contribution in [1.82, 2.24) is 0 Å². The van der Waals surface area contributed by atoms with Crippen molar-refractivity contribution in [2.24, 2.45) is 11.8 Å². The molecule has 0 spiro atoms. The Kier molecular flexibility index (Phi) is 42.7. The zero-order valence-electron chi connectivity index (χ0n) is 39.0. The molecule has 0 rings (SSSR count). The predicted octanol–water partition coefficient (Wildman–Crippen LogP) is 16.1. The van der Waals surface area contributed by atoms with Crippen molar-refractivity contribution >= 4 is 17.9 Å². The summed E-state index contributed by atoms with van der Waals surface area (Å²) >= 11 is 0. The molecule has 0 heterocycles. The molecule has 6 nitrogen and oxygen atoms in total. The molecule has 0 saturated heterocycles. The molecular weight excluding hydrogens is 709 g/mol. The van der Waals surface area contributed by atoms with Gasteiger partial charge in [-0.2, -0.15) is 0 Å². The standard InChI is InChI=1S/C51H98O6/c1-6-8-9-10-11-12-13-14-15-16-17-18-23-26-33-38-43-51(54)57-48(45-56-50(53)42-37-32-28-27-29-34-39-46(3)4)44-55-49(52)41-36-31-25-22-20-19-21-24-30-35-40-47(5)7-2/h46-48H,6-45H2,1-5H3/t47?,48-/m0/s1. The molecule has 338 valence electrons. The van der Waals surface area contributed by atoms with Crippen LogP contribution in [0.3, 0.4) is 0 Å². The Hall–Kier alpha value is -1.59. The number of unbranched alkanes of at least 4 members (excludes halogenated alkanes) is 29. The second-order valence-electron chi connectivity index (χ2n) is 18.2. The number of carbonyl (C=O) groups excluding carboxylic acids is 3. The minimum absolute atomic E-state index is 0.0649. The third-order valence-electron chi connectivity index (χ3n) is 11.8. The van der Waals surface area contributed by atoms with E-state index in [2.05, 4.69) is 34.6 Å². The summed E-state index contributed by atoms with van der Waals surface area (Å²) in [5.74, 6) is 0.778. The van der Waals surface area contributed by atoms with Crippen molar-refractivity contribution in [3.8, 4) is 0 Å². The maximum absolute atomic E-state index is 12.8. The van der Waals surface area contributed by atoms with Crippen LogP contribution in [0.1, 0.15) is 279 Å². The molecule has 2 atom stereocenters. The number of hydrogen-bond donors (Lipinski definition) is 0. The van der Waals surface area contributed by atoms with Gasteiger partial charge in [-0.05, 0) is 31.1 Å². The van der Waals surface area contributed by atoms with Crippen molar-refractivity contribution in [3.05, 3.63) is 0 Å². The molecule has 1 unspecified atom stereocenters. The first-order valence-electron chi connectivity index (χ1n) is 25.3. The van der Waals surface area contributed by atoms with Gasteiger partial charge in [-0.25, -0.2) is 0 Å². The zero-order valence-corrected chi connectivity index (χ0v) is 39.0. The van der Waals surface area contributed by atoms with Crippen molar-refractivity contribution in [1.29, 1.82) is 0 Å². The van der Waals surface area contributed by atoms with Crippen LogP contribution in [0, 0.1) is 11.8 Å². The third kappa shape index (κ3) is 43.8. The lowest BCUT2D eigenvalue weighted by atomic mass is 9.99. The fourth-order valence-electron chi connectivity index (χ4n) is 7.60. The lowest BCUT2D eigenvalue weighted by molar-refractivity contribution is -0.167. The van der Waals surface area contributed by atoms with Gasteiger partial charge in [0.05, 0.1) is 0 Å². The van der Waals surface area contributed by atoms with Crippen LogP contribution in [0.5, 0.6) is 0 Å². The summed E-state index contributed by atoms with van der Waals surface area (Å²) in [5.41, 5.74) is 0. The van der Waals surface area contributed by atoms with E-state index >= 15 is 0 Å². The van der Waals surface area contributed by atoms with Crippen LogP contribution in [-0.4, -0.2) is 37.2 Å². The van der Waals surface area contributed by atoms with Gasteiger partial charge in [0.1, 0.15) is 13.2 Å². The van der Waals surface area contributed by atoms with Gasteiger partial charge in [0, 0.05) is 19.3 Å². The predicted molar refractivity (Wildman–Crippen MR) is 243 cm³/mol. The topological polar surface area (TPSA) is 78.9 Å². The summed E-state index contributed by atoms with van der Waals surface area (Å²) in [6, 6.07) is 0. The van der Waals surface area contributed by atoms with Gasteiger partial charge >= 0.3 is 17.9 Å². The third-order valence-corrected chi connectivity index (χ3v) is 11.8. The lowest BCUT2D eigenvalue weighted by Crippen LogP contribution is -2.30. The molecule has 0 bridgehead atoms. The highest BCUT2D eigenvalue weighted by Gasteiger charge is 2.19. The van der Waals surface area contributed by atoms with E-state index in [1.54, 1.807) is 0 Å². The number of ether oxygens (including phenoxy) is 3. The van der Waals surface area contributed by atoms with Crippen LogP contribution >= 0.6 is 0 Å². The summed E-state index contributed by atoms with van der Waals surface area (Å²) in [6.07, 6.45) is 43.8. The molecule has 0 saturated carbocycles. The summed E-state index contributed by atoms with van der Waals surface area (Å²) in [5, 5.41) is 0. The molecule has 6 heteroatoms. The minimum atomic E-state index is -0.762. The Labute approximate surface area is 355 Å². The summed E-state index contributed by atoms with van der Waals surface area (Å²) in [7, 11) is 0. The van der Waals surface area contributed by atoms with E-state index in [1.807, 2.05) is 0 Å². The maximum atomic E-state index is 12.8. The largest absolute Gasteiger partial charge is 0.462 e. The molecule has 0 aliphatic rings. The van der Waals surface area contributed by atoms with Gasteiger partial charge in [0.25, 0.3) is 0 Å². The first-order chi connectivity index (χ1) is 27.8. The second-order valence-corrected chi connectivity index (χ2v) is 18.2. The SMILES string of the molecule is CCCCCCCCCCCCCCCCCCC(=O)O[C@@H](COC(=O)CCCCCCCCCCCCC(C)CC)COC(=O)CCCCCCCCC(C)C. The molecule has 57 heavy (non-hydrogen) atoms. The lowest BCUT2D eigenvalue weighted by Gasteiger charge is -2.18. The van der Waals surface area contributed by atoms with E-state index in [1.165, 1.54) is 167 Å². The van der Waals surface area contributed by atoms with Crippen LogP contribution < -0.4 is 0 Å². The Bertz CT molecular complexity index is 872. The molecule has 0 aromatic heterocycles. The van der Waals surface area contributed by atoms with E-state index < -0.39 is 6.10 Å². The van der Waals surface area contributed by atoms with E-state index in [9.17, 15) is 14.4 Å². The molecule has 0 amide bonds. The maximum Gasteiger partial charge on any atom is 0.306 e. The summed E-state index contributed by atoms with van der Waals surface area (Å²) in [6.45, 7) is 11.3. The van der Waals surface area contributed by atoms with Gasteiger partial charge in [0.2, 0.25) is 0 Å². The summed E-state index contributed by atoms with van der Waals surface area (Å²) < 4.78 is 16.8. The molecule has 0 aliphatic carbocycles. The van der Waals surface area contributed by atoms with Crippen LogP contribution in [-0.2, 0) is 28.6 Å². The Balaban J connectivity index is 4.29. The molecule has 0 aliphatic heterocycles. The molecule has 0 fully saturated rings. The average Bonchev–Trinajstić information content (AvgIpc) is 3.19. The Morgan fingerprint density at radius 3 is 1.00 bits per heavy atom. The zero-order chi connectivity index (χ0) is 41.9. The van der Waals surface area contributed by atoms with Crippen molar-refractivity contribution in [2.45, 2.75) is 285 Å². The van der Waals surface area contributed by atoms with Gasteiger partial charge in [-0.15, -0.1) is 0 Å². The van der Waals surface area contributed by atoms with Crippen molar-refractivity contribution in [2.75, 3.05) is 13.2 Å². The van der Waals surface area contributed by atoms with E-state index in [4.69, 9.17) is 14.2 Å². The quantitative estimate of drug-likeness (QED) is 0.0346. The van der Waals surface area contributed by atoms with Crippen LogP contribution in [0.4, 0.5) is 0 Å². The van der Waals surface area contributed by atoms with Gasteiger partial charge in [-0.1, -0.05) is 240 Å². The second kappa shape index (κ2) is 44.0. The normalized spacial score (nSPS) is 12.5. The Morgan fingerprint density at radius 2 is 0.667 bits per heavy atom. The first-order valence-corrected chi connectivity index (χ1v) is 25.3. The van der Waals surface area contributed by atoms with Crippen LogP contribution in [0.15, 0.2) is 0 Å². The van der Waals surface area contributed by atoms with Crippen molar-refractivity contribution < 1.29 is 28.6 Å². The molecule has 0 radical (unpaired) electrons. The highest BCUT2D eigenvalue weighted by Crippen LogP contribution is 2.18. The van der Waals surface area contributed by atoms with Crippen molar-refractivity contribution in [3.63, 3.8) is 0 Å². The number of carbonyl (C=O) groups is 3. The first kappa shape index (κ1) is 55.4. The molecule has 0 aromatic rings. The molecule has 0 aromatic carbocycles. The smallest absolute Gasteiger partial charge is 0.306 e. The molecular formula is C51H98O6. The van der Waals surface area contributed by atoms with Gasteiger partial charge in [-0.3, -0.25) is 14.4 Å². The van der Waals surface area contributed by atoms with E-state index in [0.717, 1.165) is 69.6 Å². The fourth-order valence-corrected chi connectivity index (χ4v) is 7.60. The van der Waals surface area contributed by atoms with E-state index in [-0.39, 0.29) is 31.1 Å². The van der Waals surface area contributed by atoms with Gasteiger partial charge in [0.15, 0.2) is 6.10 Å². The minimum Gasteiger partial charge on any atom is -0.462 e. The van der Waals surface area contributed by atoms with E-state index in [0.29, 0.717) is 19.3 Å². The average molecular weight is 807 g/mol. The highest BCUT2D eigenvalue weighted by molar-refractivity contribution is 5.71. The monoisotopic (exact) mass is 807 g/mol. The Morgan fingerprint density at radius 1 is 0.368 bits per heavy atom. The number of rotatable bonds is 45. The number of esters is 3. The summed E-state index contributed by atoms with van der Waals surface area (Å²) in [4.78, 5) is 37.8. The molecule has 0 N–H and O–H groups in total. The highest BCUT2D eigenvalue weighted by atomic mass is 16.6. The fraction of sp³-hybridized carbons (Fsp3) is 0.941. The van der Waals surface area contributed by atoms with Crippen LogP contribution in [0.2, 0.25) is 0 Å².